The van der Waals surface area contributed by atoms with Crippen LogP contribution in [0.2, 0.25) is 0 Å². The Morgan fingerprint density at radius 3 is 3.00 bits per heavy atom. The molecule has 1 aliphatic heterocycles. The summed E-state index contributed by atoms with van der Waals surface area (Å²) in [6.07, 6.45) is 7.68. The maximum Gasteiger partial charge on any atom is 0.292 e. The van der Waals surface area contributed by atoms with Gasteiger partial charge >= 0.3 is 0 Å². The first-order valence-electron chi connectivity index (χ1n) is 6.52. The number of fused-ring (bicyclic) bond motifs is 7. The van der Waals surface area contributed by atoms with Gasteiger partial charge in [-0.1, -0.05) is 11.3 Å². The number of thiophene rings is 1. The van der Waals surface area contributed by atoms with Gasteiger partial charge in [-0.15, -0.1) is 0 Å². The molecule has 0 fully saturated rings. The van der Waals surface area contributed by atoms with Gasteiger partial charge in [0.2, 0.25) is 4.83 Å². The summed E-state index contributed by atoms with van der Waals surface area (Å²) in [7, 11) is 2.14. The third-order valence-electron chi connectivity index (χ3n) is 4.07. The summed E-state index contributed by atoms with van der Waals surface area (Å²) in [4.78, 5) is 9.87. The van der Waals surface area contributed by atoms with E-state index < -0.39 is 0 Å². The molecule has 0 spiro atoms. The third-order valence-corrected chi connectivity index (χ3v) is 5.31. The highest BCUT2D eigenvalue weighted by Gasteiger charge is 2.34. The lowest BCUT2D eigenvalue weighted by molar-refractivity contribution is -0.631. The van der Waals surface area contributed by atoms with Crippen molar-refractivity contribution >= 4 is 31.8 Å². The van der Waals surface area contributed by atoms with E-state index in [1.165, 1.54) is 37.4 Å². The molecular weight excluding hydrogens is 268 g/mol. The molecule has 5 heteroatoms. The predicted molar refractivity (Wildman–Crippen MR) is 78.6 cm³/mol. The Hall–Kier alpha value is -2.27. The van der Waals surface area contributed by atoms with Crippen molar-refractivity contribution in [3.63, 3.8) is 0 Å². The average Bonchev–Trinajstić information content (AvgIpc) is 3.10. The van der Waals surface area contributed by atoms with Crippen molar-refractivity contribution in [2.75, 3.05) is 0 Å². The number of nitrogens with zero attached hydrogens (tertiary/aromatic N) is 4. The van der Waals surface area contributed by atoms with Gasteiger partial charge in [-0.3, -0.25) is 9.97 Å². The lowest BCUT2D eigenvalue weighted by Gasteiger charge is -1.93. The first-order chi connectivity index (χ1) is 9.84. The fourth-order valence-corrected chi connectivity index (χ4v) is 4.34. The fraction of sp³-hybridized carbons (Fsp3) is 0.133. The van der Waals surface area contributed by atoms with E-state index in [0.717, 1.165) is 6.54 Å². The number of rotatable bonds is 0. The number of aryl methyl sites for hydroxylation is 1. The van der Waals surface area contributed by atoms with Crippen molar-refractivity contribution in [1.82, 2.24) is 14.5 Å². The van der Waals surface area contributed by atoms with Crippen LogP contribution in [-0.2, 0) is 13.6 Å². The highest BCUT2D eigenvalue weighted by molar-refractivity contribution is 7.25. The van der Waals surface area contributed by atoms with Gasteiger partial charge in [0.15, 0.2) is 5.52 Å². The van der Waals surface area contributed by atoms with E-state index in [2.05, 4.69) is 38.3 Å². The maximum absolute atomic E-state index is 4.29. The van der Waals surface area contributed by atoms with Crippen molar-refractivity contribution < 1.29 is 4.57 Å². The number of hydrogen-bond acceptors (Lipinski definition) is 3. The molecule has 0 aliphatic carbocycles. The van der Waals surface area contributed by atoms with Gasteiger partial charge in [0.25, 0.3) is 5.82 Å². The minimum atomic E-state index is 0.922. The molecule has 4 nitrogen and oxygen atoms in total. The fourth-order valence-electron chi connectivity index (χ4n) is 3.20. The second-order valence-electron chi connectivity index (χ2n) is 5.13. The molecule has 0 saturated heterocycles. The van der Waals surface area contributed by atoms with Gasteiger partial charge in [-0.2, -0.15) is 0 Å². The molecule has 5 rings (SSSR count). The number of hydrogen-bond donors (Lipinski definition) is 0. The van der Waals surface area contributed by atoms with Crippen LogP contribution in [0.5, 0.6) is 0 Å². The van der Waals surface area contributed by atoms with Crippen LogP contribution in [0.3, 0.4) is 0 Å². The zero-order valence-electron chi connectivity index (χ0n) is 10.9. The number of imidazole rings is 1. The van der Waals surface area contributed by atoms with Crippen molar-refractivity contribution in [2.24, 2.45) is 7.05 Å². The van der Waals surface area contributed by atoms with E-state index >= 15 is 0 Å². The SMILES string of the molecule is C[n+]1c2n(c3c4cnccc4sc31)Cc1ccncc1-2. The smallest absolute Gasteiger partial charge is 0.264 e. The van der Waals surface area contributed by atoms with Crippen LogP contribution in [0, 0.1) is 0 Å². The summed E-state index contributed by atoms with van der Waals surface area (Å²) in [5.41, 5.74) is 3.89. The Bertz CT molecular complexity index is 996. The molecule has 4 aromatic heterocycles. The maximum atomic E-state index is 4.29. The topological polar surface area (TPSA) is 34.6 Å². The lowest BCUT2D eigenvalue weighted by atomic mass is 10.2. The quantitative estimate of drug-likeness (QED) is 0.408. The minimum Gasteiger partial charge on any atom is -0.264 e. The van der Waals surface area contributed by atoms with E-state index in [9.17, 15) is 0 Å². The van der Waals surface area contributed by atoms with Gasteiger partial charge in [0.1, 0.15) is 6.54 Å². The summed E-state index contributed by atoms with van der Waals surface area (Å²) >= 11 is 1.83. The molecule has 0 N–H and O–H groups in total. The van der Waals surface area contributed by atoms with Crippen molar-refractivity contribution in [3.05, 3.63) is 42.5 Å². The lowest BCUT2D eigenvalue weighted by Crippen LogP contribution is -2.28. The van der Waals surface area contributed by atoms with Gasteiger partial charge in [-0.05, 0) is 12.1 Å². The van der Waals surface area contributed by atoms with E-state index in [1.807, 2.05) is 36.1 Å². The molecular formula is C15H11N4S+. The van der Waals surface area contributed by atoms with E-state index in [1.54, 1.807) is 0 Å². The van der Waals surface area contributed by atoms with E-state index in [4.69, 9.17) is 0 Å². The van der Waals surface area contributed by atoms with Crippen molar-refractivity contribution in [3.8, 4) is 11.4 Å². The molecule has 0 atom stereocenters. The Kier molecular flexibility index (Phi) is 1.80. The molecule has 0 bridgehead atoms. The Morgan fingerprint density at radius 1 is 1.20 bits per heavy atom. The highest BCUT2D eigenvalue weighted by Crippen LogP contribution is 2.38. The van der Waals surface area contributed by atoms with Crippen molar-refractivity contribution in [2.45, 2.75) is 6.54 Å². The third kappa shape index (κ3) is 1.10. The predicted octanol–water partition coefficient (Wildman–Crippen LogP) is 2.50. The number of pyridine rings is 2. The summed E-state index contributed by atoms with van der Waals surface area (Å²) < 4.78 is 5.97. The van der Waals surface area contributed by atoms with Gasteiger partial charge in [0.05, 0.1) is 18.0 Å². The van der Waals surface area contributed by atoms with Gasteiger partial charge in [-0.25, -0.2) is 9.13 Å². The Labute approximate surface area is 119 Å². The van der Waals surface area contributed by atoms with Crippen LogP contribution >= 0.6 is 11.3 Å². The molecule has 1 aliphatic rings. The first kappa shape index (κ1) is 10.5. The largest absolute Gasteiger partial charge is 0.292 e. The van der Waals surface area contributed by atoms with E-state index in [0.29, 0.717) is 0 Å². The summed E-state index contributed by atoms with van der Waals surface area (Å²) in [6.45, 7) is 0.922. The zero-order valence-corrected chi connectivity index (χ0v) is 11.7. The standard InChI is InChI=1S/C15H11N4S/c1-18-14-10-6-16-4-2-9(10)8-19(14)13-11-7-17-5-3-12(11)20-15(13)18/h2-7H,8H2,1H3/q+1. The van der Waals surface area contributed by atoms with Crippen LogP contribution in [0.1, 0.15) is 5.56 Å². The van der Waals surface area contributed by atoms with Crippen molar-refractivity contribution in [1.29, 1.82) is 0 Å². The van der Waals surface area contributed by atoms with Crippen LogP contribution < -0.4 is 4.57 Å². The molecule has 5 heterocycles. The molecule has 0 radical (unpaired) electrons. The Morgan fingerprint density at radius 2 is 2.05 bits per heavy atom. The molecule has 20 heavy (non-hydrogen) atoms. The van der Waals surface area contributed by atoms with E-state index in [-0.39, 0.29) is 0 Å². The summed E-state index contributed by atoms with van der Waals surface area (Å²) in [5.74, 6) is 1.25. The minimum absolute atomic E-state index is 0.922. The monoisotopic (exact) mass is 279 g/mol. The highest BCUT2D eigenvalue weighted by atomic mass is 32.1. The van der Waals surface area contributed by atoms with Gasteiger partial charge < -0.3 is 0 Å². The van der Waals surface area contributed by atoms with Gasteiger partial charge in [0, 0.05) is 35.1 Å². The molecule has 4 aromatic rings. The molecule has 96 valence electrons. The zero-order chi connectivity index (χ0) is 13.3. The second kappa shape index (κ2) is 3.43. The van der Waals surface area contributed by atoms with Crippen LogP contribution in [-0.4, -0.2) is 14.5 Å². The van der Waals surface area contributed by atoms with Crippen LogP contribution in [0.25, 0.3) is 31.8 Å². The molecule has 0 aromatic carbocycles. The molecule has 0 amide bonds. The normalized spacial score (nSPS) is 13.1. The number of aromatic nitrogens is 4. The summed E-state index contributed by atoms with van der Waals surface area (Å²) in [5, 5.41) is 1.25. The summed E-state index contributed by atoms with van der Waals surface area (Å²) in [6, 6.07) is 4.21. The first-order valence-corrected chi connectivity index (χ1v) is 7.34. The molecule has 0 unspecified atom stereocenters. The Balaban J connectivity index is 1.99. The van der Waals surface area contributed by atoms with Crippen LogP contribution in [0.4, 0.5) is 0 Å². The van der Waals surface area contributed by atoms with Crippen LogP contribution in [0.15, 0.2) is 36.9 Å². The average molecular weight is 279 g/mol. The second-order valence-corrected chi connectivity index (χ2v) is 6.16. The molecule has 0 saturated carbocycles.